The van der Waals surface area contributed by atoms with Crippen molar-refractivity contribution in [3.63, 3.8) is 0 Å². The summed E-state index contributed by atoms with van der Waals surface area (Å²) in [6.07, 6.45) is 3.71. The third kappa shape index (κ3) is 4.58. The van der Waals surface area contributed by atoms with Gasteiger partial charge in [0.1, 0.15) is 0 Å². The minimum absolute atomic E-state index is 0.442. The number of likely N-dealkylation sites (tertiary alicyclic amines) is 1. The minimum atomic E-state index is 0.442. The average Bonchev–Trinajstić information content (AvgIpc) is 2.45. The molecule has 2 rings (SSSR count). The van der Waals surface area contributed by atoms with E-state index in [0.29, 0.717) is 6.10 Å². The maximum Gasteiger partial charge on any atom is 0.0599 e. The van der Waals surface area contributed by atoms with Gasteiger partial charge in [-0.3, -0.25) is 4.90 Å². The predicted octanol–water partition coefficient (Wildman–Crippen LogP) is 2.63. The lowest BCUT2D eigenvalue weighted by Crippen LogP contribution is -2.36. The van der Waals surface area contributed by atoms with Gasteiger partial charge in [0, 0.05) is 26.2 Å². The maximum atomic E-state index is 5.85. The first-order valence-electron chi connectivity index (χ1n) is 7.79. The number of benzene rings is 1. The fourth-order valence-corrected chi connectivity index (χ4v) is 2.73. The molecule has 0 radical (unpaired) electrons. The molecule has 3 nitrogen and oxygen atoms in total. The number of aryl methyl sites for hydroxylation is 2. The highest BCUT2D eigenvalue weighted by Gasteiger charge is 2.19. The minimum Gasteiger partial charge on any atom is -0.378 e. The largest absolute Gasteiger partial charge is 0.378 e. The summed E-state index contributed by atoms with van der Waals surface area (Å²) in [4.78, 5) is 2.53. The molecule has 1 aliphatic rings. The van der Waals surface area contributed by atoms with Gasteiger partial charge in [-0.05, 0) is 56.3 Å². The lowest BCUT2D eigenvalue weighted by molar-refractivity contribution is 0.00563. The Labute approximate surface area is 123 Å². The summed E-state index contributed by atoms with van der Waals surface area (Å²) in [6, 6.07) is 6.80. The molecule has 0 saturated carbocycles. The van der Waals surface area contributed by atoms with Crippen LogP contribution >= 0.6 is 0 Å². The summed E-state index contributed by atoms with van der Waals surface area (Å²) < 4.78 is 5.85. The SMILES string of the molecule is Cc1ccc(CN2CCC(OCCCN)CC2)cc1C. The van der Waals surface area contributed by atoms with E-state index in [-0.39, 0.29) is 0 Å². The molecule has 0 amide bonds. The topological polar surface area (TPSA) is 38.5 Å². The zero-order valence-corrected chi connectivity index (χ0v) is 12.9. The Morgan fingerprint density at radius 2 is 1.95 bits per heavy atom. The smallest absolute Gasteiger partial charge is 0.0599 e. The van der Waals surface area contributed by atoms with E-state index in [1.165, 1.54) is 16.7 Å². The van der Waals surface area contributed by atoms with Crippen LogP contribution < -0.4 is 5.73 Å². The normalized spacial score (nSPS) is 17.6. The van der Waals surface area contributed by atoms with Gasteiger partial charge in [0.25, 0.3) is 0 Å². The zero-order valence-electron chi connectivity index (χ0n) is 12.9. The second-order valence-electron chi connectivity index (χ2n) is 5.91. The molecule has 3 heteroatoms. The van der Waals surface area contributed by atoms with Crippen LogP contribution in [-0.4, -0.2) is 37.2 Å². The summed E-state index contributed by atoms with van der Waals surface area (Å²) in [6.45, 7) is 9.25. The first-order chi connectivity index (χ1) is 9.69. The molecular formula is C17H28N2O. The van der Waals surface area contributed by atoms with E-state index in [9.17, 15) is 0 Å². The van der Waals surface area contributed by atoms with E-state index >= 15 is 0 Å². The van der Waals surface area contributed by atoms with Gasteiger partial charge >= 0.3 is 0 Å². The lowest BCUT2D eigenvalue weighted by atomic mass is 10.0. The van der Waals surface area contributed by atoms with Crippen LogP contribution in [0, 0.1) is 13.8 Å². The molecule has 1 heterocycles. The van der Waals surface area contributed by atoms with Crippen LogP contribution in [0.25, 0.3) is 0 Å². The summed E-state index contributed by atoms with van der Waals surface area (Å²) >= 11 is 0. The molecule has 0 unspecified atom stereocenters. The Hall–Kier alpha value is -0.900. The van der Waals surface area contributed by atoms with Crippen molar-refractivity contribution in [2.75, 3.05) is 26.2 Å². The number of nitrogens with two attached hydrogens (primary N) is 1. The number of hydrogen-bond acceptors (Lipinski definition) is 3. The highest BCUT2D eigenvalue weighted by atomic mass is 16.5. The van der Waals surface area contributed by atoms with Gasteiger partial charge in [-0.25, -0.2) is 0 Å². The highest BCUT2D eigenvalue weighted by Crippen LogP contribution is 2.18. The van der Waals surface area contributed by atoms with Crippen molar-refractivity contribution in [3.05, 3.63) is 34.9 Å². The molecule has 1 aliphatic heterocycles. The third-order valence-electron chi connectivity index (χ3n) is 4.21. The first-order valence-corrected chi connectivity index (χ1v) is 7.79. The number of nitrogens with zero attached hydrogens (tertiary/aromatic N) is 1. The molecule has 20 heavy (non-hydrogen) atoms. The van der Waals surface area contributed by atoms with Crippen LogP contribution in [0.2, 0.25) is 0 Å². The van der Waals surface area contributed by atoms with Gasteiger partial charge in [-0.15, -0.1) is 0 Å². The number of ether oxygens (including phenoxy) is 1. The number of rotatable bonds is 6. The Kier molecular flexibility index (Phi) is 6.02. The summed E-state index contributed by atoms with van der Waals surface area (Å²) in [7, 11) is 0. The maximum absolute atomic E-state index is 5.85. The second kappa shape index (κ2) is 7.77. The fraction of sp³-hybridized carbons (Fsp3) is 0.647. The van der Waals surface area contributed by atoms with Crippen LogP contribution in [0.5, 0.6) is 0 Å². The van der Waals surface area contributed by atoms with E-state index in [1.807, 2.05) is 0 Å². The Morgan fingerprint density at radius 1 is 1.20 bits per heavy atom. The van der Waals surface area contributed by atoms with Crippen molar-refractivity contribution in [2.24, 2.45) is 5.73 Å². The molecule has 2 N–H and O–H groups in total. The molecular weight excluding hydrogens is 248 g/mol. The molecule has 1 saturated heterocycles. The van der Waals surface area contributed by atoms with Gasteiger partial charge in [-0.1, -0.05) is 18.2 Å². The van der Waals surface area contributed by atoms with Crippen molar-refractivity contribution in [2.45, 2.75) is 45.8 Å². The molecule has 0 aliphatic carbocycles. The van der Waals surface area contributed by atoms with E-state index in [1.54, 1.807) is 0 Å². The summed E-state index contributed by atoms with van der Waals surface area (Å²) in [5.74, 6) is 0. The molecule has 0 bridgehead atoms. The van der Waals surface area contributed by atoms with Crippen molar-refractivity contribution in [1.82, 2.24) is 4.90 Å². The van der Waals surface area contributed by atoms with Gasteiger partial charge in [0.2, 0.25) is 0 Å². The quantitative estimate of drug-likeness (QED) is 0.812. The van der Waals surface area contributed by atoms with Crippen LogP contribution in [0.4, 0.5) is 0 Å². The third-order valence-corrected chi connectivity index (χ3v) is 4.21. The summed E-state index contributed by atoms with van der Waals surface area (Å²) in [5, 5.41) is 0. The van der Waals surface area contributed by atoms with Gasteiger partial charge < -0.3 is 10.5 Å². The standard InChI is InChI=1S/C17H28N2O/c1-14-4-5-16(12-15(14)2)13-19-9-6-17(7-10-19)20-11-3-8-18/h4-5,12,17H,3,6-11,13,18H2,1-2H3. The summed E-state index contributed by atoms with van der Waals surface area (Å²) in [5.41, 5.74) is 9.68. The van der Waals surface area contributed by atoms with Crippen molar-refractivity contribution in [3.8, 4) is 0 Å². The number of piperidine rings is 1. The second-order valence-corrected chi connectivity index (χ2v) is 5.91. The van der Waals surface area contributed by atoms with E-state index in [4.69, 9.17) is 10.5 Å². The van der Waals surface area contributed by atoms with Gasteiger partial charge in [0.05, 0.1) is 6.10 Å². The first kappa shape index (κ1) is 15.5. The van der Waals surface area contributed by atoms with Crippen LogP contribution in [0.3, 0.4) is 0 Å². The van der Waals surface area contributed by atoms with Crippen molar-refractivity contribution < 1.29 is 4.74 Å². The lowest BCUT2D eigenvalue weighted by Gasteiger charge is -2.32. The molecule has 112 valence electrons. The van der Waals surface area contributed by atoms with Gasteiger partial charge in [-0.2, -0.15) is 0 Å². The zero-order chi connectivity index (χ0) is 14.4. The van der Waals surface area contributed by atoms with E-state index < -0.39 is 0 Å². The molecule has 1 aromatic rings. The van der Waals surface area contributed by atoms with E-state index in [0.717, 1.165) is 52.0 Å². The number of hydrogen-bond donors (Lipinski definition) is 1. The van der Waals surface area contributed by atoms with Crippen LogP contribution in [0.15, 0.2) is 18.2 Å². The van der Waals surface area contributed by atoms with Crippen molar-refractivity contribution >= 4 is 0 Å². The predicted molar refractivity (Wildman–Crippen MR) is 83.8 cm³/mol. The molecule has 1 fully saturated rings. The highest BCUT2D eigenvalue weighted by molar-refractivity contribution is 5.29. The average molecular weight is 276 g/mol. The van der Waals surface area contributed by atoms with Crippen LogP contribution in [0.1, 0.15) is 36.0 Å². The van der Waals surface area contributed by atoms with Crippen LogP contribution in [-0.2, 0) is 11.3 Å². The fourth-order valence-electron chi connectivity index (χ4n) is 2.73. The molecule has 0 spiro atoms. The Bertz CT molecular complexity index is 411. The Morgan fingerprint density at radius 3 is 2.60 bits per heavy atom. The molecule has 0 atom stereocenters. The van der Waals surface area contributed by atoms with Gasteiger partial charge in [0.15, 0.2) is 0 Å². The van der Waals surface area contributed by atoms with Crippen molar-refractivity contribution in [1.29, 1.82) is 0 Å². The molecule has 1 aromatic carbocycles. The van der Waals surface area contributed by atoms with E-state index in [2.05, 4.69) is 36.9 Å². The Balaban J connectivity index is 1.75. The monoisotopic (exact) mass is 276 g/mol. The molecule has 0 aromatic heterocycles.